The number of hydrogen-bond donors (Lipinski definition) is 2. The Morgan fingerprint density at radius 2 is 1.72 bits per heavy atom. The van der Waals surface area contributed by atoms with Gasteiger partial charge < -0.3 is 24.8 Å². The van der Waals surface area contributed by atoms with Gasteiger partial charge in [0.05, 0.1) is 7.11 Å². The van der Waals surface area contributed by atoms with Crippen LogP contribution >= 0.6 is 24.0 Å². The third-order valence-electron chi connectivity index (χ3n) is 4.86. The van der Waals surface area contributed by atoms with Gasteiger partial charge >= 0.3 is 0 Å². The van der Waals surface area contributed by atoms with Crippen LogP contribution in [0.15, 0.2) is 47.5 Å². The Balaban J connectivity index is 0.00000300. The van der Waals surface area contributed by atoms with Crippen molar-refractivity contribution in [3.8, 4) is 17.2 Å². The van der Waals surface area contributed by atoms with E-state index in [1.165, 1.54) is 5.56 Å². The molecule has 0 spiro atoms. The van der Waals surface area contributed by atoms with E-state index in [9.17, 15) is 0 Å². The molecule has 6 nitrogen and oxygen atoms in total. The predicted molar refractivity (Wildman–Crippen MR) is 127 cm³/mol. The van der Waals surface area contributed by atoms with E-state index in [0.29, 0.717) is 19.8 Å². The highest BCUT2D eigenvalue weighted by atomic mass is 127. The first-order chi connectivity index (χ1) is 13.5. The lowest BCUT2D eigenvalue weighted by molar-refractivity contribution is 0.171. The van der Waals surface area contributed by atoms with Gasteiger partial charge in [0.15, 0.2) is 17.5 Å². The molecule has 1 aliphatic heterocycles. The van der Waals surface area contributed by atoms with Gasteiger partial charge in [0.25, 0.3) is 0 Å². The Hall–Kier alpha value is -2.16. The largest absolute Gasteiger partial charge is 0.497 e. The Labute approximate surface area is 190 Å². The summed E-state index contributed by atoms with van der Waals surface area (Å²) in [5, 5.41) is 6.77. The molecule has 3 rings (SSSR count). The molecule has 0 amide bonds. The number of halogens is 1. The van der Waals surface area contributed by atoms with Crippen molar-refractivity contribution in [3.05, 3.63) is 53.6 Å². The smallest absolute Gasteiger partial charge is 0.191 e. The van der Waals surface area contributed by atoms with Crippen LogP contribution in [0.3, 0.4) is 0 Å². The van der Waals surface area contributed by atoms with Gasteiger partial charge in [-0.15, -0.1) is 24.0 Å². The van der Waals surface area contributed by atoms with Gasteiger partial charge in [0.2, 0.25) is 0 Å². The lowest BCUT2D eigenvalue weighted by Gasteiger charge is -2.28. The first kappa shape index (κ1) is 23.1. The van der Waals surface area contributed by atoms with Gasteiger partial charge in [-0.1, -0.05) is 32.0 Å². The maximum absolute atomic E-state index is 5.72. The van der Waals surface area contributed by atoms with Crippen molar-refractivity contribution in [1.29, 1.82) is 0 Å². The monoisotopic (exact) mass is 511 g/mol. The molecular formula is C22H30IN3O3. The number of fused-ring (bicyclic) bond motifs is 1. The second kappa shape index (κ2) is 10.6. The van der Waals surface area contributed by atoms with Crippen LogP contribution in [-0.4, -0.2) is 39.9 Å². The molecule has 29 heavy (non-hydrogen) atoms. The van der Waals surface area contributed by atoms with E-state index in [4.69, 9.17) is 14.2 Å². The van der Waals surface area contributed by atoms with Gasteiger partial charge in [-0.25, -0.2) is 0 Å². The van der Waals surface area contributed by atoms with Crippen molar-refractivity contribution in [2.75, 3.05) is 33.9 Å². The highest BCUT2D eigenvalue weighted by molar-refractivity contribution is 14.0. The third-order valence-corrected chi connectivity index (χ3v) is 4.86. The zero-order chi connectivity index (χ0) is 20.0. The van der Waals surface area contributed by atoms with E-state index in [1.807, 2.05) is 30.3 Å². The molecule has 0 saturated heterocycles. The summed E-state index contributed by atoms with van der Waals surface area (Å²) in [6, 6.07) is 14.2. The summed E-state index contributed by atoms with van der Waals surface area (Å²) in [6.07, 6.45) is 0. The lowest BCUT2D eigenvalue weighted by atomic mass is 9.84. The number of benzene rings is 2. The number of nitrogens with zero attached hydrogens (tertiary/aromatic N) is 1. The average Bonchev–Trinajstić information content (AvgIpc) is 2.74. The predicted octanol–water partition coefficient (Wildman–Crippen LogP) is 3.73. The number of rotatable bonds is 6. The summed E-state index contributed by atoms with van der Waals surface area (Å²) in [7, 11) is 3.45. The molecule has 0 radical (unpaired) electrons. The Morgan fingerprint density at radius 3 is 2.38 bits per heavy atom. The molecular weight excluding hydrogens is 481 g/mol. The topological polar surface area (TPSA) is 64.1 Å². The molecule has 2 N–H and O–H groups in total. The van der Waals surface area contributed by atoms with Crippen molar-refractivity contribution in [2.24, 2.45) is 4.99 Å². The fourth-order valence-electron chi connectivity index (χ4n) is 3.02. The number of methoxy groups -OCH3 is 1. The summed E-state index contributed by atoms with van der Waals surface area (Å²) in [4.78, 5) is 4.33. The summed E-state index contributed by atoms with van der Waals surface area (Å²) >= 11 is 0. The van der Waals surface area contributed by atoms with Gasteiger partial charge in [0, 0.05) is 25.6 Å². The zero-order valence-corrected chi connectivity index (χ0v) is 19.8. The first-order valence-corrected chi connectivity index (χ1v) is 9.49. The molecule has 2 aromatic rings. The number of nitrogens with one attached hydrogen (secondary N) is 2. The SMILES string of the molecule is CN=C(NCc1ccc(OC)cc1)NCC(C)(C)c1ccc2c(c1)OCCO2.I. The second-order valence-electron chi connectivity index (χ2n) is 7.37. The van der Waals surface area contributed by atoms with E-state index in [1.54, 1.807) is 14.2 Å². The average molecular weight is 511 g/mol. The summed E-state index contributed by atoms with van der Waals surface area (Å²) in [5.74, 6) is 3.25. The lowest BCUT2D eigenvalue weighted by Crippen LogP contribution is -2.43. The van der Waals surface area contributed by atoms with E-state index >= 15 is 0 Å². The molecule has 0 unspecified atom stereocenters. The van der Waals surface area contributed by atoms with E-state index in [2.05, 4.69) is 41.6 Å². The Kier molecular flexibility index (Phi) is 8.43. The van der Waals surface area contributed by atoms with E-state index in [-0.39, 0.29) is 29.4 Å². The van der Waals surface area contributed by atoms with Crippen LogP contribution in [-0.2, 0) is 12.0 Å². The molecule has 2 aromatic carbocycles. The fourth-order valence-corrected chi connectivity index (χ4v) is 3.02. The zero-order valence-electron chi connectivity index (χ0n) is 17.5. The molecule has 1 heterocycles. The van der Waals surface area contributed by atoms with Crippen LogP contribution in [0.25, 0.3) is 0 Å². The van der Waals surface area contributed by atoms with Crippen LogP contribution < -0.4 is 24.8 Å². The van der Waals surface area contributed by atoms with Crippen LogP contribution in [0, 0.1) is 0 Å². The van der Waals surface area contributed by atoms with Gasteiger partial charge in [-0.2, -0.15) is 0 Å². The highest BCUT2D eigenvalue weighted by Crippen LogP contribution is 2.34. The van der Waals surface area contributed by atoms with Crippen molar-refractivity contribution in [1.82, 2.24) is 10.6 Å². The van der Waals surface area contributed by atoms with Crippen LogP contribution in [0.1, 0.15) is 25.0 Å². The maximum atomic E-state index is 5.72. The van der Waals surface area contributed by atoms with Crippen molar-refractivity contribution < 1.29 is 14.2 Å². The molecule has 0 fully saturated rings. The number of aliphatic imine (C=N–C) groups is 1. The maximum Gasteiger partial charge on any atom is 0.191 e. The number of ether oxygens (including phenoxy) is 3. The van der Waals surface area contributed by atoms with Crippen molar-refractivity contribution >= 4 is 29.9 Å². The third kappa shape index (κ3) is 6.16. The van der Waals surface area contributed by atoms with E-state index < -0.39 is 0 Å². The molecule has 1 aliphatic rings. The fraction of sp³-hybridized carbons (Fsp3) is 0.409. The summed E-state index contributed by atoms with van der Waals surface area (Å²) in [5.41, 5.74) is 2.25. The summed E-state index contributed by atoms with van der Waals surface area (Å²) < 4.78 is 16.5. The molecule has 0 aromatic heterocycles. The minimum atomic E-state index is -0.104. The van der Waals surface area contributed by atoms with Crippen LogP contribution in [0.4, 0.5) is 0 Å². The first-order valence-electron chi connectivity index (χ1n) is 9.49. The molecule has 0 aliphatic carbocycles. The molecule has 158 valence electrons. The van der Waals surface area contributed by atoms with Gasteiger partial charge in [0.1, 0.15) is 19.0 Å². The van der Waals surface area contributed by atoms with Crippen LogP contribution in [0.5, 0.6) is 17.2 Å². The Bertz CT molecular complexity index is 823. The minimum absolute atomic E-state index is 0. The van der Waals surface area contributed by atoms with Crippen molar-refractivity contribution in [3.63, 3.8) is 0 Å². The standard InChI is InChI=1S/C22H29N3O3.HI/c1-22(2,17-7-10-19-20(13-17)28-12-11-27-19)15-25-21(23-3)24-14-16-5-8-18(26-4)9-6-16;/h5-10,13H,11-12,14-15H2,1-4H3,(H2,23,24,25);1H. The molecule has 0 bridgehead atoms. The molecule has 0 saturated carbocycles. The Morgan fingerprint density at radius 1 is 1.03 bits per heavy atom. The molecule has 0 atom stereocenters. The van der Waals surface area contributed by atoms with Crippen molar-refractivity contribution in [2.45, 2.75) is 25.8 Å². The van der Waals surface area contributed by atoms with Gasteiger partial charge in [-0.3, -0.25) is 4.99 Å². The quantitative estimate of drug-likeness (QED) is 0.352. The minimum Gasteiger partial charge on any atom is -0.497 e. The summed E-state index contributed by atoms with van der Waals surface area (Å²) in [6.45, 7) is 7.01. The van der Waals surface area contributed by atoms with Gasteiger partial charge in [-0.05, 0) is 35.4 Å². The normalized spacial score (nSPS) is 13.3. The number of hydrogen-bond acceptors (Lipinski definition) is 4. The van der Waals surface area contributed by atoms with E-state index in [0.717, 1.165) is 35.3 Å². The van der Waals surface area contributed by atoms with Crippen LogP contribution in [0.2, 0.25) is 0 Å². The molecule has 7 heteroatoms. The highest BCUT2D eigenvalue weighted by Gasteiger charge is 2.23. The number of guanidine groups is 1. The second-order valence-corrected chi connectivity index (χ2v) is 7.37.